The van der Waals surface area contributed by atoms with E-state index in [9.17, 15) is 9.90 Å². The molecule has 0 aliphatic heterocycles. The van der Waals surface area contributed by atoms with Crippen molar-refractivity contribution < 1.29 is 19.1 Å². The maximum Gasteiger partial charge on any atom is 0.319 e. The van der Waals surface area contributed by atoms with E-state index in [1.54, 1.807) is 38.1 Å². The molecule has 1 aromatic heterocycles. The predicted octanol–water partition coefficient (Wildman–Crippen LogP) is 2.93. The Morgan fingerprint density at radius 1 is 1.35 bits per heavy atom. The molecule has 0 radical (unpaired) electrons. The summed E-state index contributed by atoms with van der Waals surface area (Å²) in [7, 11) is 1.53. The van der Waals surface area contributed by atoms with Gasteiger partial charge in [0.2, 0.25) is 0 Å². The number of nitrogens with one attached hydrogen (secondary N) is 2. The van der Waals surface area contributed by atoms with Crippen LogP contribution < -0.4 is 15.4 Å². The van der Waals surface area contributed by atoms with Gasteiger partial charge in [-0.2, -0.15) is 0 Å². The average Bonchev–Trinajstić information content (AvgIpc) is 2.85. The Labute approximate surface area is 135 Å². The molecule has 0 saturated heterocycles. The van der Waals surface area contributed by atoms with Gasteiger partial charge in [0.1, 0.15) is 22.9 Å². The van der Waals surface area contributed by atoms with Crippen LogP contribution in [0.15, 0.2) is 34.7 Å². The molecule has 0 fully saturated rings. The Balaban J connectivity index is 2.00. The van der Waals surface area contributed by atoms with E-state index in [2.05, 4.69) is 10.6 Å². The highest BCUT2D eigenvalue weighted by Gasteiger charge is 2.28. The number of hydrogen-bond acceptors (Lipinski definition) is 4. The second-order valence-electron chi connectivity index (χ2n) is 5.61. The lowest BCUT2D eigenvalue weighted by Crippen LogP contribution is -2.40. The predicted molar refractivity (Wildman–Crippen MR) is 87.8 cm³/mol. The highest BCUT2D eigenvalue weighted by molar-refractivity contribution is 5.90. The number of hydrogen-bond donors (Lipinski definition) is 3. The third kappa shape index (κ3) is 4.04. The first-order chi connectivity index (χ1) is 10.8. The number of aliphatic hydroxyl groups is 1. The maximum atomic E-state index is 12.0. The fourth-order valence-electron chi connectivity index (χ4n) is 2.43. The number of urea groups is 1. The standard InChI is InChI=1S/C17H22N2O4/c1-11-9-13(12(2)23-11)17(3,21)10-18-16(20)19-14-7-5-6-8-15(14)22-4/h5-9,21H,10H2,1-4H3,(H2,18,19,20). The van der Waals surface area contributed by atoms with Crippen molar-refractivity contribution in [1.82, 2.24) is 5.32 Å². The first-order valence-electron chi connectivity index (χ1n) is 7.31. The number of ether oxygens (including phenoxy) is 1. The maximum absolute atomic E-state index is 12.0. The Hall–Kier alpha value is -2.47. The molecule has 1 unspecified atom stereocenters. The van der Waals surface area contributed by atoms with Crippen LogP contribution in [0.3, 0.4) is 0 Å². The lowest BCUT2D eigenvalue weighted by Gasteiger charge is -2.23. The van der Waals surface area contributed by atoms with Gasteiger partial charge in [-0.05, 0) is 39.0 Å². The van der Waals surface area contributed by atoms with Crippen molar-refractivity contribution in [1.29, 1.82) is 0 Å². The number of furan rings is 1. The highest BCUT2D eigenvalue weighted by Crippen LogP contribution is 2.26. The number of rotatable bonds is 5. The summed E-state index contributed by atoms with van der Waals surface area (Å²) in [5.41, 5.74) is -0.00461. The Morgan fingerprint density at radius 3 is 2.65 bits per heavy atom. The van der Waals surface area contributed by atoms with E-state index >= 15 is 0 Å². The van der Waals surface area contributed by atoms with Gasteiger partial charge in [0.15, 0.2) is 0 Å². The number of carbonyl (C=O) groups excluding carboxylic acids is 1. The van der Waals surface area contributed by atoms with Gasteiger partial charge < -0.3 is 24.9 Å². The van der Waals surface area contributed by atoms with Crippen molar-refractivity contribution in [2.75, 3.05) is 19.0 Å². The SMILES string of the molecule is COc1ccccc1NC(=O)NCC(C)(O)c1cc(C)oc1C. The van der Waals surface area contributed by atoms with Crippen LogP contribution in [0.25, 0.3) is 0 Å². The summed E-state index contributed by atoms with van der Waals surface area (Å²) in [6.45, 7) is 5.28. The third-order valence-corrected chi connectivity index (χ3v) is 3.57. The largest absolute Gasteiger partial charge is 0.495 e. The molecular weight excluding hydrogens is 296 g/mol. The first-order valence-corrected chi connectivity index (χ1v) is 7.31. The van der Waals surface area contributed by atoms with Crippen molar-refractivity contribution in [2.24, 2.45) is 0 Å². The fourth-order valence-corrected chi connectivity index (χ4v) is 2.43. The van der Waals surface area contributed by atoms with E-state index < -0.39 is 11.6 Å². The van der Waals surface area contributed by atoms with Gasteiger partial charge in [-0.25, -0.2) is 4.79 Å². The van der Waals surface area contributed by atoms with E-state index in [1.807, 2.05) is 13.0 Å². The second-order valence-corrected chi connectivity index (χ2v) is 5.61. The fraction of sp³-hybridized carbons (Fsp3) is 0.353. The minimum atomic E-state index is -1.22. The summed E-state index contributed by atoms with van der Waals surface area (Å²) in [6.07, 6.45) is 0. The monoisotopic (exact) mass is 318 g/mol. The van der Waals surface area contributed by atoms with Gasteiger partial charge in [-0.1, -0.05) is 12.1 Å². The summed E-state index contributed by atoms with van der Waals surface area (Å²) in [5.74, 6) is 1.92. The smallest absolute Gasteiger partial charge is 0.319 e. The first kappa shape index (κ1) is 16.9. The van der Waals surface area contributed by atoms with Crippen LogP contribution in [0.1, 0.15) is 24.0 Å². The van der Waals surface area contributed by atoms with Crippen LogP contribution >= 0.6 is 0 Å². The zero-order chi connectivity index (χ0) is 17.0. The number of benzene rings is 1. The molecule has 0 saturated carbocycles. The molecule has 2 amide bonds. The van der Waals surface area contributed by atoms with Gasteiger partial charge in [0.05, 0.1) is 19.3 Å². The van der Waals surface area contributed by atoms with Crippen molar-refractivity contribution in [3.8, 4) is 5.75 Å². The molecule has 2 rings (SSSR count). The van der Waals surface area contributed by atoms with E-state index in [4.69, 9.17) is 9.15 Å². The molecule has 1 aromatic carbocycles. The summed E-state index contributed by atoms with van der Waals surface area (Å²) in [5, 5.41) is 15.9. The second kappa shape index (κ2) is 6.75. The molecule has 6 nitrogen and oxygen atoms in total. The Morgan fingerprint density at radius 2 is 2.04 bits per heavy atom. The quantitative estimate of drug-likeness (QED) is 0.791. The number of anilines is 1. The number of carbonyl (C=O) groups is 1. The number of methoxy groups -OCH3 is 1. The van der Waals surface area contributed by atoms with Crippen molar-refractivity contribution in [3.05, 3.63) is 47.4 Å². The van der Waals surface area contributed by atoms with Crippen LogP contribution in [0.2, 0.25) is 0 Å². The molecule has 0 aliphatic rings. The molecule has 2 aromatic rings. The molecule has 1 heterocycles. The summed E-state index contributed by atoms with van der Waals surface area (Å²) in [4.78, 5) is 12.0. The number of amides is 2. The highest BCUT2D eigenvalue weighted by atomic mass is 16.5. The van der Waals surface area contributed by atoms with Crippen LogP contribution in [0.5, 0.6) is 5.75 Å². The normalized spacial score (nSPS) is 13.3. The summed E-state index contributed by atoms with van der Waals surface area (Å²) >= 11 is 0. The molecule has 0 aliphatic carbocycles. The third-order valence-electron chi connectivity index (χ3n) is 3.57. The van der Waals surface area contributed by atoms with Gasteiger partial charge in [-0.15, -0.1) is 0 Å². The van der Waals surface area contributed by atoms with Gasteiger partial charge in [-0.3, -0.25) is 0 Å². The zero-order valence-corrected chi connectivity index (χ0v) is 13.8. The Kier molecular flexibility index (Phi) is 4.95. The van der Waals surface area contributed by atoms with Gasteiger partial charge in [0, 0.05) is 5.56 Å². The zero-order valence-electron chi connectivity index (χ0n) is 13.8. The summed E-state index contributed by atoms with van der Waals surface area (Å²) < 4.78 is 10.6. The lowest BCUT2D eigenvalue weighted by molar-refractivity contribution is 0.0584. The molecule has 6 heteroatoms. The van der Waals surface area contributed by atoms with E-state index in [0.717, 1.165) is 5.76 Å². The van der Waals surface area contributed by atoms with Crippen LogP contribution in [0, 0.1) is 13.8 Å². The number of aryl methyl sites for hydroxylation is 2. The molecular formula is C17H22N2O4. The van der Waals surface area contributed by atoms with E-state index in [-0.39, 0.29) is 6.54 Å². The lowest BCUT2D eigenvalue weighted by atomic mass is 9.96. The van der Waals surface area contributed by atoms with E-state index in [1.165, 1.54) is 7.11 Å². The molecule has 0 bridgehead atoms. The minimum Gasteiger partial charge on any atom is -0.495 e. The van der Waals surface area contributed by atoms with Crippen molar-refractivity contribution in [2.45, 2.75) is 26.4 Å². The number of para-hydroxylation sites is 2. The molecule has 23 heavy (non-hydrogen) atoms. The topological polar surface area (TPSA) is 83.7 Å². The summed E-state index contributed by atoms with van der Waals surface area (Å²) in [6, 6.07) is 8.45. The average molecular weight is 318 g/mol. The van der Waals surface area contributed by atoms with Gasteiger partial charge in [0.25, 0.3) is 0 Å². The molecule has 1 atom stereocenters. The van der Waals surface area contributed by atoms with E-state index in [0.29, 0.717) is 22.8 Å². The van der Waals surface area contributed by atoms with Crippen LogP contribution in [0.4, 0.5) is 10.5 Å². The van der Waals surface area contributed by atoms with Crippen LogP contribution in [-0.4, -0.2) is 24.8 Å². The molecule has 3 N–H and O–H groups in total. The van der Waals surface area contributed by atoms with Gasteiger partial charge >= 0.3 is 6.03 Å². The minimum absolute atomic E-state index is 0.0494. The van der Waals surface area contributed by atoms with Crippen molar-refractivity contribution >= 4 is 11.7 Å². The molecule has 0 spiro atoms. The van der Waals surface area contributed by atoms with Crippen molar-refractivity contribution in [3.63, 3.8) is 0 Å². The Bertz CT molecular complexity index is 692. The van der Waals surface area contributed by atoms with Crippen LogP contribution in [-0.2, 0) is 5.60 Å². The molecule has 124 valence electrons.